The summed E-state index contributed by atoms with van der Waals surface area (Å²) in [6.07, 6.45) is 0. The fourth-order valence-corrected chi connectivity index (χ4v) is 2.99. The van der Waals surface area contributed by atoms with E-state index in [0.29, 0.717) is 29.5 Å². The second kappa shape index (κ2) is 10.3. The van der Waals surface area contributed by atoms with Crippen LogP contribution in [0.3, 0.4) is 0 Å². The van der Waals surface area contributed by atoms with Gasteiger partial charge in [-0.1, -0.05) is 18.2 Å². The van der Waals surface area contributed by atoms with E-state index in [-0.39, 0.29) is 18.5 Å². The van der Waals surface area contributed by atoms with E-state index in [0.717, 1.165) is 11.1 Å². The van der Waals surface area contributed by atoms with E-state index in [2.05, 4.69) is 5.32 Å². The molecular formula is C24H25FN2O4. The molecule has 7 heteroatoms. The first-order valence-electron chi connectivity index (χ1n) is 9.69. The summed E-state index contributed by atoms with van der Waals surface area (Å²) in [6.45, 7) is 0.584. The zero-order valence-corrected chi connectivity index (χ0v) is 17.7. The largest absolute Gasteiger partial charge is 0.497 e. The number of benzene rings is 3. The summed E-state index contributed by atoms with van der Waals surface area (Å²) in [6, 6.07) is 18.5. The molecule has 3 aromatic carbocycles. The number of nitrogens with one attached hydrogen (secondary N) is 1. The van der Waals surface area contributed by atoms with E-state index in [4.69, 9.17) is 14.2 Å². The normalized spacial score (nSPS) is 10.3. The predicted molar refractivity (Wildman–Crippen MR) is 117 cm³/mol. The number of hydrogen-bond donors (Lipinski definition) is 1. The second-order valence-electron chi connectivity index (χ2n) is 6.91. The Morgan fingerprint density at radius 3 is 2.52 bits per heavy atom. The number of hydrogen-bond acceptors (Lipinski definition) is 4. The van der Waals surface area contributed by atoms with Crippen LogP contribution >= 0.6 is 0 Å². The van der Waals surface area contributed by atoms with Crippen molar-refractivity contribution in [1.82, 2.24) is 4.90 Å². The molecule has 0 aromatic heterocycles. The van der Waals surface area contributed by atoms with Crippen molar-refractivity contribution in [3.63, 3.8) is 0 Å². The number of nitrogens with zero attached hydrogens (tertiary/aromatic N) is 1. The summed E-state index contributed by atoms with van der Waals surface area (Å²) in [5.41, 5.74) is 2.17. The van der Waals surface area contributed by atoms with Gasteiger partial charge in [0.2, 0.25) is 0 Å². The highest BCUT2D eigenvalue weighted by atomic mass is 19.1. The Balaban J connectivity index is 1.60. The molecule has 0 saturated heterocycles. The average molecular weight is 424 g/mol. The van der Waals surface area contributed by atoms with Crippen LogP contribution < -0.4 is 19.5 Å². The van der Waals surface area contributed by atoms with Gasteiger partial charge in [0.1, 0.15) is 29.7 Å². The molecule has 3 aromatic rings. The zero-order chi connectivity index (χ0) is 22.2. The SMILES string of the molecule is COc1ccc(CN(C)C(=O)Nc2cccc(OCc3cccc(F)c3)c2)c(OC)c1. The molecule has 162 valence electrons. The third-order valence-corrected chi connectivity index (χ3v) is 4.63. The Labute approximate surface area is 181 Å². The number of carbonyl (C=O) groups excluding carboxylic acids is 1. The van der Waals surface area contributed by atoms with Crippen molar-refractivity contribution in [1.29, 1.82) is 0 Å². The van der Waals surface area contributed by atoms with Gasteiger partial charge in [-0.25, -0.2) is 9.18 Å². The van der Waals surface area contributed by atoms with Crippen LogP contribution in [0.2, 0.25) is 0 Å². The van der Waals surface area contributed by atoms with Gasteiger partial charge in [-0.2, -0.15) is 0 Å². The van der Waals surface area contributed by atoms with Crippen LogP contribution in [-0.4, -0.2) is 32.2 Å². The highest BCUT2D eigenvalue weighted by molar-refractivity contribution is 5.89. The maximum atomic E-state index is 13.3. The molecule has 0 aliphatic carbocycles. The number of anilines is 1. The number of ether oxygens (including phenoxy) is 3. The molecule has 0 radical (unpaired) electrons. The lowest BCUT2D eigenvalue weighted by Gasteiger charge is -2.20. The molecule has 0 atom stereocenters. The molecule has 0 saturated carbocycles. The summed E-state index contributed by atoms with van der Waals surface area (Å²) < 4.78 is 29.6. The van der Waals surface area contributed by atoms with E-state index in [1.807, 2.05) is 12.1 Å². The van der Waals surface area contributed by atoms with Crippen LogP contribution in [0.1, 0.15) is 11.1 Å². The molecule has 0 aliphatic rings. The van der Waals surface area contributed by atoms with Gasteiger partial charge in [-0.05, 0) is 42.0 Å². The quantitative estimate of drug-likeness (QED) is 0.548. The van der Waals surface area contributed by atoms with Crippen molar-refractivity contribution in [2.45, 2.75) is 13.2 Å². The molecule has 0 unspecified atom stereocenters. The molecule has 3 rings (SSSR count). The van der Waals surface area contributed by atoms with Gasteiger partial charge < -0.3 is 24.4 Å². The van der Waals surface area contributed by atoms with Crippen LogP contribution in [0, 0.1) is 5.82 Å². The molecule has 2 amide bonds. The van der Waals surface area contributed by atoms with Gasteiger partial charge >= 0.3 is 6.03 Å². The number of amides is 2. The molecule has 0 bridgehead atoms. The minimum Gasteiger partial charge on any atom is -0.497 e. The van der Waals surface area contributed by atoms with Crippen LogP contribution in [0.4, 0.5) is 14.9 Å². The lowest BCUT2D eigenvalue weighted by molar-refractivity contribution is 0.220. The molecule has 0 heterocycles. The van der Waals surface area contributed by atoms with Crippen molar-refractivity contribution < 1.29 is 23.4 Å². The average Bonchev–Trinajstić information content (AvgIpc) is 2.78. The number of rotatable bonds is 8. The summed E-state index contributed by atoms with van der Waals surface area (Å²) in [5.74, 6) is 1.59. The highest BCUT2D eigenvalue weighted by Gasteiger charge is 2.13. The number of carbonyl (C=O) groups is 1. The second-order valence-corrected chi connectivity index (χ2v) is 6.91. The Morgan fingerprint density at radius 1 is 0.968 bits per heavy atom. The van der Waals surface area contributed by atoms with Gasteiger partial charge in [-0.3, -0.25) is 0 Å². The lowest BCUT2D eigenvalue weighted by atomic mass is 10.2. The zero-order valence-electron chi connectivity index (χ0n) is 17.7. The number of halogens is 1. The lowest BCUT2D eigenvalue weighted by Crippen LogP contribution is -2.31. The number of methoxy groups -OCH3 is 2. The number of urea groups is 1. The Kier molecular flexibility index (Phi) is 7.32. The summed E-state index contributed by atoms with van der Waals surface area (Å²) in [4.78, 5) is 14.2. The Bertz CT molecular complexity index is 1040. The van der Waals surface area contributed by atoms with E-state index in [9.17, 15) is 9.18 Å². The smallest absolute Gasteiger partial charge is 0.321 e. The van der Waals surface area contributed by atoms with Gasteiger partial charge in [-0.15, -0.1) is 0 Å². The molecule has 0 fully saturated rings. The molecule has 0 aliphatic heterocycles. The maximum Gasteiger partial charge on any atom is 0.321 e. The monoisotopic (exact) mass is 424 g/mol. The highest BCUT2D eigenvalue weighted by Crippen LogP contribution is 2.26. The molecule has 31 heavy (non-hydrogen) atoms. The summed E-state index contributed by atoms with van der Waals surface area (Å²) in [5, 5.41) is 2.85. The summed E-state index contributed by atoms with van der Waals surface area (Å²) >= 11 is 0. The van der Waals surface area contributed by atoms with Gasteiger partial charge in [0.15, 0.2) is 0 Å². The minimum atomic E-state index is -0.307. The fourth-order valence-electron chi connectivity index (χ4n) is 2.99. The molecule has 6 nitrogen and oxygen atoms in total. The molecular weight excluding hydrogens is 399 g/mol. The van der Waals surface area contributed by atoms with Crippen LogP contribution in [0.5, 0.6) is 17.2 Å². The van der Waals surface area contributed by atoms with Gasteiger partial charge in [0.05, 0.1) is 20.8 Å². The van der Waals surface area contributed by atoms with E-state index in [1.165, 1.54) is 12.1 Å². The molecule has 0 spiro atoms. The summed E-state index contributed by atoms with van der Waals surface area (Å²) in [7, 11) is 4.86. The van der Waals surface area contributed by atoms with Gasteiger partial charge in [0, 0.05) is 30.4 Å². The first-order chi connectivity index (χ1) is 15.0. The third kappa shape index (κ3) is 6.12. The molecule has 1 N–H and O–H groups in total. The van der Waals surface area contributed by atoms with Crippen molar-refractivity contribution in [3.8, 4) is 17.2 Å². The van der Waals surface area contributed by atoms with Crippen LogP contribution in [0.25, 0.3) is 0 Å². The van der Waals surface area contributed by atoms with E-state index in [1.54, 1.807) is 68.6 Å². The predicted octanol–water partition coefficient (Wildman–Crippen LogP) is 5.09. The van der Waals surface area contributed by atoms with Crippen molar-refractivity contribution in [2.75, 3.05) is 26.6 Å². The maximum absolute atomic E-state index is 13.3. The Morgan fingerprint density at radius 2 is 1.77 bits per heavy atom. The topological polar surface area (TPSA) is 60.0 Å². The minimum absolute atomic E-state index is 0.228. The first-order valence-corrected chi connectivity index (χ1v) is 9.69. The van der Waals surface area contributed by atoms with Crippen LogP contribution in [0.15, 0.2) is 66.7 Å². The first kappa shape index (κ1) is 22.0. The van der Waals surface area contributed by atoms with Crippen molar-refractivity contribution in [3.05, 3.63) is 83.7 Å². The standard InChI is InChI=1S/C24H25FN2O4/c1-27(15-18-10-11-21(29-2)14-23(18)30-3)24(28)26-20-8-5-9-22(13-20)31-16-17-6-4-7-19(25)12-17/h4-14H,15-16H2,1-3H3,(H,26,28). The van der Waals surface area contributed by atoms with Crippen molar-refractivity contribution in [2.24, 2.45) is 0 Å². The van der Waals surface area contributed by atoms with Crippen LogP contribution in [-0.2, 0) is 13.2 Å². The van der Waals surface area contributed by atoms with Gasteiger partial charge in [0.25, 0.3) is 0 Å². The Hall–Kier alpha value is -3.74. The third-order valence-electron chi connectivity index (χ3n) is 4.63. The van der Waals surface area contributed by atoms with E-state index < -0.39 is 0 Å². The van der Waals surface area contributed by atoms with Crippen molar-refractivity contribution >= 4 is 11.7 Å². The fraction of sp³-hybridized carbons (Fsp3) is 0.208. The van der Waals surface area contributed by atoms with E-state index >= 15 is 0 Å².